The minimum atomic E-state index is 0.0496. The minimum absolute atomic E-state index is 0.0496. The van der Waals surface area contributed by atoms with Crippen LogP contribution in [0.15, 0.2) is 65.6 Å². The molecule has 1 unspecified atom stereocenters. The molecule has 0 saturated carbocycles. The van der Waals surface area contributed by atoms with Gasteiger partial charge in [0.15, 0.2) is 0 Å². The first-order valence-electron chi connectivity index (χ1n) is 8.62. The summed E-state index contributed by atoms with van der Waals surface area (Å²) in [6.07, 6.45) is 8.04. The summed E-state index contributed by atoms with van der Waals surface area (Å²) in [4.78, 5) is 15.8. The highest BCUT2D eigenvalue weighted by atomic mass is 32.2. The number of fused-ring (bicyclic) bond motifs is 3. The lowest BCUT2D eigenvalue weighted by Gasteiger charge is -2.34. The summed E-state index contributed by atoms with van der Waals surface area (Å²) in [5.41, 5.74) is 3.32. The molecule has 0 spiro atoms. The number of anilines is 1. The lowest BCUT2D eigenvalue weighted by Crippen LogP contribution is -2.37. The summed E-state index contributed by atoms with van der Waals surface area (Å²) in [7, 11) is 0. The molecule has 26 heavy (non-hydrogen) atoms. The van der Waals surface area contributed by atoms with Gasteiger partial charge in [0.25, 0.3) is 0 Å². The Morgan fingerprint density at radius 2 is 1.88 bits per heavy atom. The fraction of sp³-hybridized carbons (Fsp3) is 0.174. The van der Waals surface area contributed by atoms with Gasteiger partial charge in [-0.1, -0.05) is 48.4 Å². The van der Waals surface area contributed by atoms with Crippen molar-refractivity contribution in [2.75, 3.05) is 17.7 Å². The summed E-state index contributed by atoms with van der Waals surface area (Å²) < 4.78 is 0. The number of carbonyl (C=O) groups is 1. The molecular weight excluding hydrogens is 338 g/mol. The summed E-state index contributed by atoms with van der Waals surface area (Å²) in [5.74, 6) is 2.77. The van der Waals surface area contributed by atoms with Crippen LogP contribution in [0.5, 0.6) is 0 Å². The number of hydrogen-bond donors (Lipinski definition) is 0. The van der Waals surface area contributed by atoms with E-state index in [1.807, 2.05) is 12.1 Å². The largest absolute Gasteiger partial charge is 0.300 e. The smallest absolute Gasteiger partial charge is 0.228 e. The van der Waals surface area contributed by atoms with Crippen molar-refractivity contribution in [1.29, 1.82) is 0 Å². The van der Waals surface area contributed by atoms with Crippen molar-refractivity contribution in [3.8, 4) is 12.3 Å². The zero-order valence-electron chi connectivity index (χ0n) is 14.6. The summed E-state index contributed by atoms with van der Waals surface area (Å²) in [6.45, 7) is 0.308. The highest BCUT2D eigenvalue weighted by molar-refractivity contribution is 7.98. The normalized spacial score (nSPS) is 16.4. The second-order valence-electron chi connectivity index (χ2n) is 6.43. The van der Waals surface area contributed by atoms with Crippen LogP contribution in [-0.2, 0) is 4.79 Å². The van der Waals surface area contributed by atoms with Crippen molar-refractivity contribution in [1.82, 2.24) is 0 Å². The van der Waals surface area contributed by atoms with E-state index in [0.29, 0.717) is 13.0 Å². The van der Waals surface area contributed by atoms with Gasteiger partial charge in [-0.15, -0.1) is 18.2 Å². The van der Waals surface area contributed by atoms with Gasteiger partial charge in [0, 0.05) is 22.9 Å². The number of terminal acetylenes is 1. The Bertz CT molecular complexity index is 1020. The third kappa shape index (κ3) is 2.77. The Morgan fingerprint density at radius 1 is 1.12 bits per heavy atom. The average Bonchev–Trinajstić information content (AvgIpc) is 2.69. The molecule has 1 aliphatic rings. The van der Waals surface area contributed by atoms with Crippen LogP contribution in [-0.4, -0.2) is 18.7 Å². The molecule has 0 radical (unpaired) electrons. The van der Waals surface area contributed by atoms with Crippen LogP contribution in [0.4, 0.5) is 5.69 Å². The van der Waals surface area contributed by atoms with Gasteiger partial charge in [-0.2, -0.15) is 0 Å². The number of thioether (sulfide) groups is 1. The van der Waals surface area contributed by atoms with Gasteiger partial charge in [0.05, 0.1) is 6.54 Å². The Labute approximate surface area is 158 Å². The molecule has 1 aliphatic heterocycles. The topological polar surface area (TPSA) is 20.3 Å². The summed E-state index contributed by atoms with van der Waals surface area (Å²) in [6, 6.07) is 21.0. The van der Waals surface area contributed by atoms with E-state index in [1.54, 1.807) is 16.7 Å². The molecule has 0 fully saturated rings. The molecule has 1 atom stereocenters. The average molecular weight is 357 g/mol. The Kier molecular flexibility index (Phi) is 4.44. The predicted octanol–water partition coefficient (Wildman–Crippen LogP) is 5.06. The standard InChI is InChI=1S/C23H19NOS/c1-3-14-24-21-13-10-16-6-4-5-7-19(16)23(21)20(15-22(24)25)17-8-11-18(26-2)12-9-17/h1,4-13,20H,14-15H2,2H3. The third-order valence-corrected chi connectivity index (χ3v) is 5.78. The second kappa shape index (κ2) is 6.90. The second-order valence-corrected chi connectivity index (χ2v) is 7.31. The van der Waals surface area contributed by atoms with Crippen LogP contribution in [0.1, 0.15) is 23.5 Å². The van der Waals surface area contributed by atoms with Crippen molar-refractivity contribution in [3.05, 3.63) is 71.8 Å². The highest BCUT2D eigenvalue weighted by Crippen LogP contribution is 2.44. The van der Waals surface area contributed by atoms with E-state index in [-0.39, 0.29) is 11.8 Å². The zero-order chi connectivity index (χ0) is 18.1. The van der Waals surface area contributed by atoms with Gasteiger partial charge >= 0.3 is 0 Å². The number of nitrogens with zero attached hydrogens (tertiary/aromatic N) is 1. The van der Waals surface area contributed by atoms with E-state index < -0.39 is 0 Å². The molecule has 2 nitrogen and oxygen atoms in total. The number of amides is 1. The quantitative estimate of drug-likeness (QED) is 0.482. The summed E-state index contributed by atoms with van der Waals surface area (Å²) >= 11 is 1.72. The van der Waals surface area contributed by atoms with Gasteiger partial charge in [-0.05, 0) is 46.4 Å². The van der Waals surface area contributed by atoms with E-state index in [0.717, 1.165) is 5.69 Å². The van der Waals surface area contributed by atoms with Gasteiger partial charge in [-0.25, -0.2) is 0 Å². The van der Waals surface area contributed by atoms with E-state index in [1.165, 1.54) is 26.8 Å². The van der Waals surface area contributed by atoms with Gasteiger partial charge < -0.3 is 4.90 Å². The van der Waals surface area contributed by atoms with Crippen molar-refractivity contribution in [2.45, 2.75) is 17.2 Å². The fourth-order valence-corrected chi connectivity index (χ4v) is 4.20. The van der Waals surface area contributed by atoms with Crippen molar-refractivity contribution in [2.24, 2.45) is 0 Å². The molecule has 0 aliphatic carbocycles. The Balaban J connectivity index is 1.94. The maximum atomic E-state index is 12.8. The molecule has 3 aromatic rings. The number of benzene rings is 3. The minimum Gasteiger partial charge on any atom is -0.300 e. The molecular formula is C23H19NOS. The zero-order valence-corrected chi connectivity index (χ0v) is 15.4. The van der Waals surface area contributed by atoms with E-state index in [9.17, 15) is 4.79 Å². The highest BCUT2D eigenvalue weighted by Gasteiger charge is 2.33. The Hall–Kier alpha value is -2.70. The predicted molar refractivity (Wildman–Crippen MR) is 110 cm³/mol. The molecule has 1 amide bonds. The van der Waals surface area contributed by atoms with Crippen molar-refractivity contribution < 1.29 is 4.79 Å². The van der Waals surface area contributed by atoms with Crippen LogP contribution < -0.4 is 4.90 Å². The van der Waals surface area contributed by atoms with Crippen LogP contribution in [0, 0.1) is 12.3 Å². The Morgan fingerprint density at radius 3 is 2.62 bits per heavy atom. The van der Waals surface area contributed by atoms with E-state index in [2.05, 4.69) is 60.7 Å². The molecule has 3 heteroatoms. The first-order chi connectivity index (χ1) is 12.7. The van der Waals surface area contributed by atoms with Gasteiger partial charge in [0.2, 0.25) is 5.91 Å². The number of carbonyl (C=O) groups excluding carboxylic acids is 1. The first kappa shape index (κ1) is 16.8. The fourth-order valence-electron chi connectivity index (χ4n) is 3.79. The molecule has 0 aromatic heterocycles. The summed E-state index contributed by atoms with van der Waals surface area (Å²) in [5, 5.41) is 2.38. The third-order valence-electron chi connectivity index (χ3n) is 5.03. The van der Waals surface area contributed by atoms with Crippen molar-refractivity contribution >= 4 is 34.1 Å². The van der Waals surface area contributed by atoms with Gasteiger partial charge in [-0.3, -0.25) is 4.79 Å². The van der Waals surface area contributed by atoms with E-state index >= 15 is 0 Å². The SMILES string of the molecule is C#CCN1C(=O)CC(c2ccc(SC)cc2)c2c1ccc1ccccc21. The molecule has 0 N–H and O–H groups in total. The molecule has 128 valence electrons. The maximum absolute atomic E-state index is 12.8. The van der Waals surface area contributed by atoms with Crippen LogP contribution >= 0.6 is 11.8 Å². The molecule has 0 bridgehead atoms. The first-order valence-corrected chi connectivity index (χ1v) is 9.85. The molecule has 1 heterocycles. The number of hydrogen-bond acceptors (Lipinski definition) is 2. The van der Waals surface area contributed by atoms with Crippen molar-refractivity contribution in [3.63, 3.8) is 0 Å². The monoisotopic (exact) mass is 357 g/mol. The maximum Gasteiger partial charge on any atom is 0.228 e. The molecule has 3 aromatic carbocycles. The van der Waals surface area contributed by atoms with Crippen LogP contribution in [0.2, 0.25) is 0 Å². The van der Waals surface area contributed by atoms with Crippen LogP contribution in [0.3, 0.4) is 0 Å². The lowest BCUT2D eigenvalue weighted by molar-refractivity contribution is -0.119. The molecule has 0 saturated heterocycles. The van der Waals surface area contributed by atoms with Crippen LogP contribution in [0.25, 0.3) is 10.8 Å². The lowest BCUT2D eigenvalue weighted by atomic mass is 9.81. The van der Waals surface area contributed by atoms with Gasteiger partial charge in [0.1, 0.15) is 0 Å². The number of rotatable bonds is 3. The molecule has 4 rings (SSSR count). The van der Waals surface area contributed by atoms with E-state index in [4.69, 9.17) is 6.42 Å².